The average Bonchev–Trinajstić information content (AvgIpc) is 2.87. The van der Waals surface area contributed by atoms with E-state index in [9.17, 15) is 13.2 Å². The molecule has 0 unspecified atom stereocenters. The van der Waals surface area contributed by atoms with Crippen molar-refractivity contribution in [3.05, 3.63) is 48.0 Å². The summed E-state index contributed by atoms with van der Waals surface area (Å²) in [5.41, 5.74) is 1.93. The van der Waals surface area contributed by atoms with Crippen molar-refractivity contribution in [1.29, 1.82) is 0 Å². The highest BCUT2D eigenvalue weighted by molar-refractivity contribution is 7.89. The number of carbonyl (C=O) groups is 1. The van der Waals surface area contributed by atoms with E-state index in [1.807, 2.05) is 18.2 Å². The highest BCUT2D eigenvalue weighted by Crippen LogP contribution is 2.34. The Morgan fingerprint density at radius 1 is 1.03 bits per heavy atom. The van der Waals surface area contributed by atoms with Crippen LogP contribution in [0.15, 0.2) is 47.4 Å². The Balaban J connectivity index is 1.35. The Labute approximate surface area is 201 Å². The maximum Gasteiger partial charge on any atom is 0.243 e. The van der Waals surface area contributed by atoms with Crippen LogP contribution in [0.4, 0.5) is 5.69 Å². The standard InChI is InChI=1S/C25H33N3O5S/c1-3-27(4-2)18-19-6-5-7-21(16-19)26-25(29)20-10-12-28(13-11-20)34(30,31)22-8-9-23-24(17-22)33-15-14-32-23/h5-9,16-17,20H,3-4,10-15,18H2,1-2H3,(H,26,29). The number of piperidine rings is 1. The first-order valence-corrected chi connectivity index (χ1v) is 13.4. The first-order chi connectivity index (χ1) is 16.4. The molecule has 184 valence electrons. The summed E-state index contributed by atoms with van der Waals surface area (Å²) in [6, 6.07) is 12.6. The molecular formula is C25H33N3O5S. The minimum absolute atomic E-state index is 0.0589. The number of hydrogen-bond donors (Lipinski definition) is 1. The van der Waals surface area contributed by atoms with E-state index < -0.39 is 10.0 Å². The molecule has 0 saturated carbocycles. The van der Waals surface area contributed by atoms with Gasteiger partial charge in [-0.05, 0) is 55.8 Å². The molecule has 34 heavy (non-hydrogen) atoms. The first-order valence-electron chi connectivity index (χ1n) is 11.9. The number of amides is 1. The maximum atomic E-state index is 13.1. The first kappa shape index (κ1) is 24.5. The summed E-state index contributed by atoms with van der Waals surface area (Å²) >= 11 is 0. The van der Waals surface area contributed by atoms with Crippen LogP contribution in [0.5, 0.6) is 11.5 Å². The van der Waals surface area contributed by atoms with Crippen LogP contribution in [0.2, 0.25) is 0 Å². The fraction of sp³-hybridized carbons (Fsp3) is 0.480. The number of hydrogen-bond acceptors (Lipinski definition) is 6. The Bertz CT molecular complexity index is 1110. The van der Waals surface area contributed by atoms with Gasteiger partial charge in [0, 0.05) is 37.3 Å². The molecule has 1 saturated heterocycles. The van der Waals surface area contributed by atoms with Gasteiger partial charge in [0.1, 0.15) is 13.2 Å². The molecule has 0 aromatic heterocycles. The van der Waals surface area contributed by atoms with E-state index in [2.05, 4.69) is 30.1 Å². The van der Waals surface area contributed by atoms with E-state index >= 15 is 0 Å². The molecule has 1 fully saturated rings. The molecule has 0 aliphatic carbocycles. The second kappa shape index (κ2) is 10.8. The smallest absolute Gasteiger partial charge is 0.243 e. The van der Waals surface area contributed by atoms with Crippen LogP contribution in [0, 0.1) is 5.92 Å². The molecule has 0 atom stereocenters. The van der Waals surface area contributed by atoms with Crippen LogP contribution in [0.3, 0.4) is 0 Å². The second-order valence-electron chi connectivity index (χ2n) is 8.63. The van der Waals surface area contributed by atoms with Gasteiger partial charge in [-0.25, -0.2) is 8.42 Å². The Hall–Kier alpha value is -2.62. The second-order valence-corrected chi connectivity index (χ2v) is 10.6. The Morgan fingerprint density at radius 3 is 2.44 bits per heavy atom. The zero-order valence-electron chi connectivity index (χ0n) is 19.8. The van der Waals surface area contributed by atoms with Gasteiger partial charge < -0.3 is 14.8 Å². The largest absolute Gasteiger partial charge is 0.486 e. The minimum atomic E-state index is -3.66. The normalized spacial score (nSPS) is 17.0. The van der Waals surface area contributed by atoms with Crippen molar-refractivity contribution in [2.24, 2.45) is 5.92 Å². The van der Waals surface area contributed by atoms with Crippen molar-refractivity contribution >= 4 is 21.6 Å². The molecule has 2 aliphatic rings. The lowest BCUT2D eigenvalue weighted by Crippen LogP contribution is -2.41. The predicted molar refractivity (Wildman–Crippen MR) is 131 cm³/mol. The van der Waals surface area contributed by atoms with E-state index in [1.54, 1.807) is 12.1 Å². The SMILES string of the molecule is CCN(CC)Cc1cccc(NC(=O)C2CCN(S(=O)(=O)c3ccc4c(c3)OCCO4)CC2)c1. The highest BCUT2D eigenvalue weighted by atomic mass is 32.2. The lowest BCUT2D eigenvalue weighted by atomic mass is 9.97. The number of fused-ring (bicyclic) bond motifs is 1. The van der Waals surface area contributed by atoms with Gasteiger partial charge in [-0.15, -0.1) is 0 Å². The highest BCUT2D eigenvalue weighted by Gasteiger charge is 2.33. The lowest BCUT2D eigenvalue weighted by molar-refractivity contribution is -0.120. The van der Waals surface area contributed by atoms with E-state index in [0.717, 1.165) is 30.9 Å². The van der Waals surface area contributed by atoms with E-state index in [4.69, 9.17) is 9.47 Å². The van der Waals surface area contributed by atoms with Crippen LogP contribution in [0.1, 0.15) is 32.3 Å². The summed E-state index contributed by atoms with van der Waals surface area (Å²) in [4.78, 5) is 15.4. The van der Waals surface area contributed by atoms with Gasteiger partial charge in [-0.2, -0.15) is 4.31 Å². The monoisotopic (exact) mass is 487 g/mol. The van der Waals surface area contributed by atoms with Gasteiger partial charge in [-0.1, -0.05) is 26.0 Å². The third-order valence-corrected chi connectivity index (χ3v) is 8.37. The van der Waals surface area contributed by atoms with Crippen molar-refractivity contribution in [2.75, 3.05) is 44.7 Å². The van der Waals surface area contributed by atoms with Crippen molar-refractivity contribution < 1.29 is 22.7 Å². The molecule has 1 amide bonds. The van der Waals surface area contributed by atoms with Crippen molar-refractivity contribution in [1.82, 2.24) is 9.21 Å². The molecule has 1 N–H and O–H groups in total. The summed E-state index contributed by atoms with van der Waals surface area (Å²) in [5.74, 6) is 0.723. The fourth-order valence-electron chi connectivity index (χ4n) is 4.39. The molecule has 2 aromatic rings. The van der Waals surface area contributed by atoms with Crippen LogP contribution in [-0.2, 0) is 21.4 Å². The average molecular weight is 488 g/mol. The number of carbonyl (C=O) groups excluding carboxylic acids is 1. The fourth-order valence-corrected chi connectivity index (χ4v) is 5.87. The molecule has 4 rings (SSSR count). The van der Waals surface area contributed by atoms with Gasteiger partial charge in [0.25, 0.3) is 0 Å². The van der Waals surface area contributed by atoms with Crippen molar-refractivity contribution in [3.8, 4) is 11.5 Å². The number of anilines is 1. The Morgan fingerprint density at radius 2 is 1.74 bits per heavy atom. The van der Waals surface area contributed by atoms with Crippen molar-refractivity contribution in [3.63, 3.8) is 0 Å². The van der Waals surface area contributed by atoms with Gasteiger partial charge in [0.2, 0.25) is 15.9 Å². The zero-order valence-corrected chi connectivity index (χ0v) is 20.6. The maximum absolute atomic E-state index is 13.1. The van der Waals surface area contributed by atoms with Crippen LogP contribution < -0.4 is 14.8 Å². The molecule has 0 radical (unpaired) electrons. The molecule has 2 aromatic carbocycles. The van der Waals surface area contributed by atoms with Crippen LogP contribution in [0.25, 0.3) is 0 Å². The van der Waals surface area contributed by atoms with Gasteiger partial charge in [0.15, 0.2) is 11.5 Å². The molecule has 8 nitrogen and oxygen atoms in total. The third-order valence-electron chi connectivity index (χ3n) is 6.47. The number of rotatable bonds is 8. The lowest BCUT2D eigenvalue weighted by Gasteiger charge is -2.31. The number of benzene rings is 2. The summed E-state index contributed by atoms with van der Waals surface area (Å²) in [6.45, 7) is 8.51. The van der Waals surface area contributed by atoms with Crippen molar-refractivity contribution in [2.45, 2.75) is 38.1 Å². The quantitative estimate of drug-likeness (QED) is 0.615. The molecule has 2 aliphatic heterocycles. The van der Waals surface area contributed by atoms with E-state index in [-0.39, 0.29) is 16.7 Å². The third kappa shape index (κ3) is 5.54. The number of ether oxygens (including phenoxy) is 2. The van der Waals surface area contributed by atoms with E-state index in [0.29, 0.717) is 50.6 Å². The summed E-state index contributed by atoms with van der Waals surface area (Å²) in [5, 5.41) is 3.02. The number of nitrogens with one attached hydrogen (secondary N) is 1. The van der Waals surface area contributed by atoms with Crippen LogP contribution >= 0.6 is 0 Å². The summed E-state index contributed by atoms with van der Waals surface area (Å²) in [6.07, 6.45) is 0.962. The minimum Gasteiger partial charge on any atom is -0.486 e. The molecule has 9 heteroatoms. The van der Waals surface area contributed by atoms with E-state index in [1.165, 1.54) is 10.4 Å². The molecule has 0 spiro atoms. The van der Waals surface area contributed by atoms with Gasteiger partial charge in [0.05, 0.1) is 4.90 Å². The summed E-state index contributed by atoms with van der Waals surface area (Å²) in [7, 11) is -3.66. The molecule has 0 bridgehead atoms. The summed E-state index contributed by atoms with van der Waals surface area (Å²) < 4.78 is 38.7. The molecule has 2 heterocycles. The van der Waals surface area contributed by atoms with Gasteiger partial charge in [-0.3, -0.25) is 9.69 Å². The predicted octanol–water partition coefficient (Wildman–Crippen LogP) is 3.34. The molecular weight excluding hydrogens is 454 g/mol. The number of nitrogens with zero attached hydrogens (tertiary/aromatic N) is 2. The topological polar surface area (TPSA) is 88.2 Å². The van der Waals surface area contributed by atoms with Crippen LogP contribution in [-0.4, -0.2) is 62.9 Å². The van der Waals surface area contributed by atoms with Gasteiger partial charge >= 0.3 is 0 Å². The zero-order chi connectivity index (χ0) is 24.1. The Kier molecular flexibility index (Phi) is 7.75. The number of sulfonamides is 1.